The molecular formula is C25H20N4. The minimum atomic E-state index is 0.673. The number of aromatic nitrogens is 3. The van der Waals surface area contributed by atoms with Crippen molar-refractivity contribution in [3.63, 3.8) is 0 Å². The summed E-state index contributed by atoms with van der Waals surface area (Å²) in [6.45, 7) is 2.78. The van der Waals surface area contributed by atoms with Gasteiger partial charge < -0.3 is 5.32 Å². The molecule has 0 bridgehead atoms. The highest BCUT2D eigenvalue weighted by atomic mass is 14.9. The van der Waals surface area contributed by atoms with Gasteiger partial charge in [-0.25, -0.2) is 4.98 Å². The second-order valence-electron chi connectivity index (χ2n) is 7.12. The number of nitrogens with zero attached hydrogens (tertiary/aromatic N) is 3. The Labute approximate surface area is 169 Å². The average molecular weight is 376 g/mol. The van der Waals surface area contributed by atoms with Gasteiger partial charge in [-0.15, -0.1) is 0 Å². The molecule has 0 atom stereocenters. The molecule has 29 heavy (non-hydrogen) atoms. The van der Waals surface area contributed by atoms with E-state index < -0.39 is 0 Å². The maximum absolute atomic E-state index is 5.04. The molecule has 4 nitrogen and oxygen atoms in total. The maximum Gasteiger partial charge on any atom is 0.0907 e. The van der Waals surface area contributed by atoms with Crippen LogP contribution in [0.2, 0.25) is 0 Å². The van der Waals surface area contributed by atoms with Gasteiger partial charge in [0.15, 0.2) is 0 Å². The van der Waals surface area contributed by atoms with Crippen molar-refractivity contribution in [1.29, 1.82) is 0 Å². The molecule has 5 aromatic rings. The fraction of sp³-hybridized carbons (Fsp3) is 0.0800. The maximum atomic E-state index is 5.04. The standard InChI is InChI=1S/C25H20N4/c1-17-6-5-9-19-14-20(25(29-24(17)19)18-7-3-2-4-8-18)16-28-21-10-11-22-23(15-21)27-13-12-26-22/h2-15,28H,16H2,1H3. The smallest absolute Gasteiger partial charge is 0.0907 e. The third-order valence-corrected chi connectivity index (χ3v) is 5.13. The molecule has 0 radical (unpaired) electrons. The highest BCUT2D eigenvalue weighted by molar-refractivity contribution is 5.86. The van der Waals surface area contributed by atoms with Gasteiger partial charge in [0.25, 0.3) is 0 Å². The van der Waals surface area contributed by atoms with E-state index in [0.717, 1.165) is 44.4 Å². The van der Waals surface area contributed by atoms with Crippen molar-refractivity contribution in [2.75, 3.05) is 5.32 Å². The van der Waals surface area contributed by atoms with Gasteiger partial charge in [-0.3, -0.25) is 9.97 Å². The van der Waals surface area contributed by atoms with Crippen molar-refractivity contribution in [3.8, 4) is 11.3 Å². The molecule has 140 valence electrons. The number of pyridine rings is 1. The van der Waals surface area contributed by atoms with Crippen LogP contribution >= 0.6 is 0 Å². The molecule has 0 fully saturated rings. The van der Waals surface area contributed by atoms with Gasteiger partial charge in [-0.1, -0.05) is 48.5 Å². The minimum absolute atomic E-state index is 0.673. The van der Waals surface area contributed by atoms with E-state index in [1.54, 1.807) is 12.4 Å². The van der Waals surface area contributed by atoms with Gasteiger partial charge >= 0.3 is 0 Å². The number of anilines is 1. The zero-order chi connectivity index (χ0) is 19.6. The molecule has 0 unspecified atom stereocenters. The first-order valence-corrected chi connectivity index (χ1v) is 9.67. The van der Waals surface area contributed by atoms with E-state index in [-0.39, 0.29) is 0 Å². The lowest BCUT2D eigenvalue weighted by atomic mass is 10.0. The largest absolute Gasteiger partial charge is 0.381 e. The van der Waals surface area contributed by atoms with Gasteiger partial charge in [-0.2, -0.15) is 0 Å². The minimum Gasteiger partial charge on any atom is -0.381 e. The van der Waals surface area contributed by atoms with E-state index in [2.05, 4.69) is 70.7 Å². The van der Waals surface area contributed by atoms with Crippen molar-refractivity contribution in [2.45, 2.75) is 13.5 Å². The van der Waals surface area contributed by atoms with Crippen LogP contribution < -0.4 is 5.32 Å². The summed E-state index contributed by atoms with van der Waals surface area (Å²) in [5.41, 5.74) is 8.33. The fourth-order valence-electron chi connectivity index (χ4n) is 3.64. The molecule has 4 heteroatoms. The molecule has 2 aromatic heterocycles. The van der Waals surface area contributed by atoms with Crippen LogP contribution in [-0.4, -0.2) is 15.0 Å². The van der Waals surface area contributed by atoms with Crippen LogP contribution in [0.4, 0.5) is 5.69 Å². The Hall–Kier alpha value is -3.79. The summed E-state index contributed by atoms with van der Waals surface area (Å²) < 4.78 is 0. The molecule has 0 spiro atoms. The number of hydrogen-bond acceptors (Lipinski definition) is 4. The Kier molecular flexibility index (Phi) is 4.37. The second kappa shape index (κ2) is 7.32. The molecule has 0 saturated carbocycles. The van der Waals surface area contributed by atoms with Crippen LogP contribution in [0.5, 0.6) is 0 Å². The van der Waals surface area contributed by atoms with Crippen molar-refractivity contribution in [1.82, 2.24) is 15.0 Å². The molecule has 2 heterocycles. The topological polar surface area (TPSA) is 50.7 Å². The number of rotatable bonds is 4. The van der Waals surface area contributed by atoms with E-state index in [4.69, 9.17) is 4.98 Å². The van der Waals surface area contributed by atoms with Crippen LogP contribution in [0.25, 0.3) is 33.2 Å². The number of fused-ring (bicyclic) bond motifs is 2. The van der Waals surface area contributed by atoms with Crippen molar-refractivity contribution in [3.05, 3.63) is 96.3 Å². The van der Waals surface area contributed by atoms with E-state index >= 15 is 0 Å². The van der Waals surface area contributed by atoms with Gasteiger partial charge in [0.1, 0.15) is 0 Å². The monoisotopic (exact) mass is 376 g/mol. The van der Waals surface area contributed by atoms with Crippen LogP contribution in [0, 0.1) is 6.92 Å². The average Bonchev–Trinajstić information content (AvgIpc) is 2.78. The molecule has 0 aliphatic carbocycles. The van der Waals surface area contributed by atoms with E-state index in [0.29, 0.717) is 6.54 Å². The molecule has 0 amide bonds. The van der Waals surface area contributed by atoms with Gasteiger partial charge in [-0.05, 0) is 42.3 Å². The fourth-order valence-corrected chi connectivity index (χ4v) is 3.64. The number of hydrogen-bond donors (Lipinski definition) is 1. The van der Waals surface area contributed by atoms with E-state index in [9.17, 15) is 0 Å². The molecule has 5 rings (SSSR count). The summed E-state index contributed by atoms with van der Waals surface area (Å²) in [4.78, 5) is 13.8. The third kappa shape index (κ3) is 3.41. The first kappa shape index (κ1) is 17.3. The Morgan fingerprint density at radius 3 is 2.48 bits per heavy atom. The molecule has 1 N–H and O–H groups in total. The normalized spacial score (nSPS) is 11.1. The molecule has 3 aromatic carbocycles. The van der Waals surface area contributed by atoms with Crippen molar-refractivity contribution in [2.24, 2.45) is 0 Å². The quantitative estimate of drug-likeness (QED) is 0.433. The van der Waals surface area contributed by atoms with Crippen molar-refractivity contribution >= 4 is 27.6 Å². The molecule has 0 aliphatic rings. The molecule has 0 saturated heterocycles. The Bertz CT molecular complexity index is 1310. The summed E-state index contributed by atoms with van der Waals surface area (Å²) >= 11 is 0. The summed E-state index contributed by atoms with van der Waals surface area (Å²) in [6.07, 6.45) is 3.43. The highest BCUT2D eigenvalue weighted by Gasteiger charge is 2.11. The zero-order valence-electron chi connectivity index (χ0n) is 16.1. The van der Waals surface area contributed by atoms with Crippen LogP contribution in [0.1, 0.15) is 11.1 Å². The van der Waals surface area contributed by atoms with Gasteiger partial charge in [0.2, 0.25) is 0 Å². The summed E-state index contributed by atoms with van der Waals surface area (Å²) in [7, 11) is 0. The van der Waals surface area contributed by atoms with Gasteiger partial charge in [0, 0.05) is 35.6 Å². The lowest BCUT2D eigenvalue weighted by Gasteiger charge is -2.14. The van der Waals surface area contributed by atoms with Crippen molar-refractivity contribution < 1.29 is 0 Å². The summed E-state index contributed by atoms with van der Waals surface area (Å²) in [5.74, 6) is 0. The third-order valence-electron chi connectivity index (χ3n) is 5.13. The van der Waals surface area contributed by atoms with E-state index in [1.807, 2.05) is 24.3 Å². The van der Waals surface area contributed by atoms with Crippen LogP contribution in [0.3, 0.4) is 0 Å². The highest BCUT2D eigenvalue weighted by Crippen LogP contribution is 2.28. The number of benzene rings is 3. The Morgan fingerprint density at radius 2 is 1.62 bits per heavy atom. The zero-order valence-corrected chi connectivity index (χ0v) is 16.1. The number of nitrogens with one attached hydrogen (secondary N) is 1. The lowest BCUT2D eigenvalue weighted by molar-refractivity contribution is 1.13. The Balaban J connectivity index is 1.55. The number of aryl methyl sites for hydroxylation is 1. The van der Waals surface area contributed by atoms with E-state index in [1.165, 1.54) is 5.56 Å². The predicted molar refractivity (Wildman–Crippen MR) is 119 cm³/mol. The molecule has 0 aliphatic heterocycles. The predicted octanol–water partition coefficient (Wildman–Crippen LogP) is 5.77. The first-order chi connectivity index (χ1) is 14.3. The lowest BCUT2D eigenvalue weighted by Crippen LogP contribution is -2.03. The number of para-hydroxylation sites is 1. The van der Waals surface area contributed by atoms with Crippen LogP contribution in [0.15, 0.2) is 85.2 Å². The molecular weight excluding hydrogens is 356 g/mol. The van der Waals surface area contributed by atoms with Crippen LogP contribution in [-0.2, 0) is 6.54 Å². The first-order valence-electron chi connectivity index (χ1n) is 9.67. The summed E-state index contributed by atoms with van der Waals surface area (Å²) in [6, 6.07) is 25.0. The second-order valence-corrected chi connectivity index (χ2v) is 7.12. The van der Waals surface area contributed by atoms with Gasteiger partial charge in [0.05, 0.1) is 22.2 Å². The summed E-state index contributed by atoms with van der Waals surface area (Å²) in [5, 5.41) is 4.69. The Morgan fingerprint density at radius 1 is 0.793 bits per heavy atom. The SMILES string of the molecule is Cc1cccc2cc(CNc3ccc4nccnc4c3)c(-c3ccccc3)nc12.